The summed E-state index contributed by atoms with van der Waals surface area (Å²) in [6.45, 7) is 27.9. The Hall–Kier alpha value is -6.70. The largest absolute Gasteiger partial charge is 0.491 e. The zero-order valence-corrected chi connectivity index (χ0v) is 46.7. The van der Waals surface area contributed by atoms with Crippen molar-refractivity contribution in [3.8, 4) is 23.0 Å². The van der Waals surface area contributed by atoms with E-state index in [1.807, 2.05) is 217 Å². The van der Waals surface area contributed by atoms with E-state index in [-0.39, 0.29) is 43.5 Å². The van der Waals surface area contributed by atoms with Crippen LogP contribution in [0.1, 0.15) is 137 Å². The standard InChI is InChI=1S/C52H44O12.6C2H6/c53-49-45-5-1-3-7-47(45)51(63-49,35-13-21-39(22-14-35)57-27-42-29-60-42)33-9-17-37(18-10-33)55-25-41(59-31-44-32-62-44)26-56-38-19-11-34(12-20-38)52(48-8-4-2-6-46(48)50(54)64-52)36-15-23-40(24-16-36)58-28-43-30-61-43;6*1-2/h1-24,41-44H,25-32H2;6*1-2H3. The third-order valence-corrected chi connectivity index (χ3v) is 12.1. The molecule has 0 bridgehead atoms. The molecule has 12 heteroatoms. The maximum atomic E-state index is 13.3. The lowest BCUT2D eigenvalue weighted by Gasteiger charge is -2.30. The number of hydrogen-bond donors (Lipinski definition) is 0. The summed E-state index contributed by atoms with van der Waals surface area (Å²) < 4.78 is 59.2. The van der Waals surface area contributed by atoms with Crippen molar-refractivity contribution in [3.63, 3.8) is 0 Å². The molecule has 0 saturated carbocycles. The van der Waals surface area contributed by atoms with Crippen LogP contribution >= 0.6 is 0 Å². The van der Waals surface area contributed by atoms with E-state index < -0.39 is 17.3 Å². The molecule has 11 rings (SSSR count). The predicted octanol–water partition coefficient (Wildman–Crippen LogP) is 13.6. The molecule has 408 valence electrons. The van der Waals surface area contributed by atoms with Crippen LogP contribution in [0.5, 0.6) is 23.0 Å². The Morgan fingerprint density at radius 1 is 0.395 bits per heavy atom. The Morgan fingerprint density at radius 3 is 0.974 bits per heavy atom. The first-order valence-electron chi connectivity index (χ1n) is 27.5. The van der Waals surface area contributed by atoms with Crippen LogP contribution in [0.4, 0.5) is 0 Å². The Kier molecular flexibility index (Phi) is 23.9. The first-order chi connectivity index (χ1) is 37.4. The second-order valence-corrected chi connectivity index (χ2v) is 16.4. The van der Waals surface area contributed by atoms with E-state index in [2.05, 4.69) is 0 Å². The fraction of sp³-hybridized carbons (Fsp3) is 0.406. The second-order valence-electron chi connectivity index (χ2n) is 16.4. The second kappa shape index (κ2) is 30.1. The number of epoxide rings is 3. The number of carbonyl (C=O) groups excluding carboxylic acids is 2. The van der Waals surface area contributed by atoms with E-state index in [9.17, 15) is 9.59 Å². The molecular formula is C64H80O12. The summed E-state index contributed by atoms with van der Waals surface area (Å²) >= 11 is 0. The van der Waals surface area contributed by atoms with Gasteiger partial charge in [0, 0.05) is 33.4 Å². The minimum atomic E-state index is -1.17. The van der Waals surface area contributed by atoms with Crippen LogP contribution in [-0.4, -0.2) is 89.2 Å². The van der Waals surface area contributed by atoms with Crippen LogP contribution in [0.2, 0.25) is 0 Å². The number of fused-ring (bicyclic) bond motifs is 2. The summed E-state index contributed by atoms with van der Waals surface area (Å²) in [5.41, 5.74) is 3.35. The van der Waals surface area contributed by atoms with Gasteiger partial charge in [0.05, 0.1) is 37.6 Å². The predicted molar refractivity (Wildman–Crippen MR) is 298 cm³/mol. The summed E-state index contributed by atoms with van der Waals surface area (Å²) in [6.07, 6.45) is -0.121. The van der Waals surface area contributed by atoms with Gasteiger partial charge in [-0.15, -0.1) is 0 Å². The molecule has 0 N–H and O–H groups in total. The Balaban J connectivity index is 0.000000833. The minimum Gasteiger partial charge on any atom is -0.491 e. The Morgan fingerprint density at radius 2 is 0.671 bits per heavy atom. The van der Waals surface area contributed by atoms with Gasteiger partial charge >= 0.3 is 11.9 Å². The van der Waals surface area contributed by atoms with Crippen molar-refractivity contribution in [1.82, 2.24) is 0 Å². The Labute approximate surface area is 451 Å². The van der Waals surface area contributed by atoms with Crippen LogP contribution in [0.25, 0.3) is 0 Å². The van der Waals surface area contributed by atoms with Gasteiger partial charge in [-0.25, -0.2) is 9.59 Å². The molecule has 3 saturated heterocycles. The maximum absolute atomic E-state index is 13.3. The van der Waals surface area contributed by atoms with Gasteiger partial charge in [-0.3, -0.25) is 0 Å². The molecule has 6 aromatic carbocycles. The molecule has 3 fully saturated rings. The van der Waals surface area contributed by atoms with Gasteiger partial charge in [-0.1, -0.05) is 168 Å². The molecule has 76 heavy (non-hydrogen) atoms. The van der Waals surface area contributed by atoms with Crippen molar-refractivity contribution >= 4 is 11.9 Å². The number of hydrogen-bond acceptors (Lipinski definition) is 12. The highest BCUT2D eigenvalue weighted by Gasteiger charge is 2.50. The normalized spacial score (nSPS) is 20.6. The Bertz CT molecular complexity index is 2460. The number of benzene rings is 6. The van der Waals surface area contributed by atoms with Crippen LogP contribution in [-0.2, 0) is 39.6 Å². The van der Waals surface area contributed by atoms with Gasteiger partial charge < -0.3 is 47.4 Å². The van der Waals surface area contributed by atoms with Gasteiger partial charge in [-0.2, -0.15) is 0 Å². The molecule has 0 aliphatic carbocycles. The first kappa shape index (κ1) is 60.2. The van der Waals surface area contributed by atoms with Crippen LogP contribution in [0.15, 0.2) is 146 Å². The topological polar surface area (TPSA) is 136 Å². The number of ether oxygens (including phenoxy) is 10. The lowest BCUT2D eigenvalue weighted by molar-refractivity contribution is -0.0131. The summed E-state index contributed by atoms with van der Waals surface area (Å²) in [6, 6.07) is 45.4. The highest BCUT2D eigenvalue weighted by atomic mass is 16.6. The molecule has 12 nitrogen and oxygen atoms in total. The van der Waals surface area contributed by atoms with Crippen molar-refractivity contribution in [2.45, 2.75) is 119 Å². The van der Waals surface area contributed by atoms with Crippen molar-refractivity contribution in [1.29, 1.82) is 0 Å². The van der Waals surface area contributed by atoms with Gasteiger partial charge in [0.1, 0.15) is 73.8 Å². The summed E-state index contributed by atoms with van der Waals surface area (Å²) in [5.74, 6) is 1.86. The number of esters is 2. The average molecular weight is 1040 g/mol. The van der Waals surface area contributed by atoms with E-state index in [1.165, 1.54) is 0 Å². The first-order valence-corrected chi connectivity index (χ1v) is 27.5. The zero-order valence-electron chi connectivity index (χ0n) is 46.7. The summed E-state index contributed by atoms with van der Waals surface area (Å²) in [5, 5.41) is 0. The van der Waals surface area contributed by atoms with E-state index >= 15 is 0 Å². The lowest BCUT2D eigenvalue weighted by Crippen LogP contribution is -2.31. The number of rotatable bonds is 19. The summed E-state index contributed by atoms with van der Waals surface area (Å²) in [7, 11) is 0. The van der Waals surface area contributed by atoms with Crippen molar-refractivity contribution < 1.29 is 57.0 Å². The molecule has 5 unspecified atom stereocenters. The zero-order chi connectivity index (χ0) is 55.1. The molecule has 5 atom stereocenters. The third-order valence-electron chi connectivity index (χ3n) is 12.1. The number of cyclic esters (lactones) is 2. The molecular weight excluding hydrogens is 961 g/mol. The highest BCUT2D eigenvalue weighted by Crippen LogP contribution is 2.49. The van der Waals surface area contributed by atoms with Crippen molar-refractivity contribution in [3.05, 3.63) is 190 Å². The van der Waals surface area contributed by atoms with E-state index in [0.717, 1.165) is 33.4 Å². The third kappa shape index (κ3) is 14.4. The molecule has 0 amide bonds. The highest BCUT2D eigenvalue weighted by molar-refractivity contribution is 5.97. The molecule has 5 aliphatic rings. The van der Waals surface area contributed by atoms with Crippen molar-refractivity contribution in [2.24, 2.45) is 0 Å². The average Bonchev–Trinajstić information content (AvgIpc) is 4.41. The van der Waals surface area contributed by atoms with Gasteiger partial charge in [-0.05, 0) is 60.7 Å². The minimum absolute atomic E-state index is 0.0446. The quantitative estimate of drug-likeness (QED) is 0.0564. The molecule has 6 aromatic rings. The van der Waals surface area contributed by atoms with E-state index in [1.54, 1.807) is 12.1 Å². The maximum Gasteiger partial charge on any atom is 0.340 e. The van der Waals surface area contributed by atoms with E-state index in [4.69, 9.17) is 47.4 Å². The van der Waals surface area contributed by atoms with Gasteiger partial charge in [0.15, 0.2) is 11.2 Å². The fourth-order valence-electron chi connectivity index (χ4n) is 8.41. The van der Waals surface area contributed by atoms with Crippen molar-refractivity contribution in [2.75, 3.05) is 52.9 Å². The van der Waals surface area contributed by atoms with Crippen LogP contribution in [0.3, 0.4) is 0 Å². The van der Waals surface area contributed by atoms with E-state index in [0.29, 0.717) is 73.8 Å². The lowest BCUT2D eigenvalue weighted by atomic mass is 9.80. The molecule has 0 aromatic heterocycles. The van der Waals surface area contributed by atoms with Gasteiger partial charge in [0.25, 0.3) is 0 Å². The monoisotopic (exact) mass is 1040 g/mol. The smallest absolute Gasteiger partial charge is 0.340 e. The fourth-order valence-corrected chi connectivity index (χ4v) is 8.41. The summed E-state index contributed by atoms with van der Waals surface area (Å²) in [4.78, 5) is 26.6. The number of carbonyl (C=O) groups is 2. The molecule has 5 heterocycles. The van der Waals surface area contributed by atoms with Crippen LogP contribution in [0, 0.1) is 0 Å². The van der Waals surface area contributed by atoms with Gasteiger partial charge in [0.2, 0.25) is 0 Å². The SMILES string of the molecule is CC.CC.CC.CC.CC.CC.O=C1OC(c2ccc(OCC(COc3ccc(C4(c5ccc(OCC6CO6)cc5)OC(=O)c5ccccc54)cc3)OCC3CO3)cc2)(c2ccc(OCC3CO3)cc2)c2ccccc21. The van der Waals surface area contributed by atoms with Crippen LogP contribution < -0.4 is 18.9 Å². The molecule has 0 spiro atoms. The molecule has 5 aliphatic heterocycles. The molecule has 0 radical (unpaired) electrons.